The molecule has 3 aromatic carbocycles. The summed E-state index contributed by atoms with van der Waals surface area (Å²) >= 11 is 0. The topological polar surface area (TPSA) is 58.6 Å². The maximum atomic E-state index is 14.1. The summed E-state index contributed by atoms with van der Waals surface area (Å²) in [6.07, 6.45) is 4.46. The zero-order valence-corrected chi connectivity index (χ0v) is 19.7. The van der Waals surface area contributed by atoms with Crippen molar-refractivity contribution in [2.45, 2.75) is 50.7 Å². The van der Waals surface area contributed by atoms with E-state index in [1.54, 1.807) is 17.0 Å². The van der Waals surface area contributed by atoms with Crippen molar-refractivity contribution in [3.8, 4) is 5.75 Å². The Hall–Kier alpha value is -3.67. The Morgan fingerprint density at radius 2 is 1.49 bits per heavy atom. The third-order valence-electron chi connectivity index (χ3n) is 6.36. The van der Waals surface area contributed by atoms with Gasteiger partial charge >= 0.3 is 0 Å². The molecule has 1 aliphatic carbocycles. The Kier molecular flexibility index (Phi) is 8.49. The van der Waals surface area contributed by atoms with Crippen LogP contribution in [0.25, 0.3) is 0 Å². The molecule has 0 radical (unpaired) electrons. The van der Waals surface area contributed by atoms with Gasteiger partial charge in [0.05, 0.1) is 0 Å². The van der Waals surface area contributed by atoms with Crippen LogP contribution in [0.2, 0.25) is 0 Å². The molecule has 0 heterocycles. The highest BCUT2D eigenvalue weighted by Crippen LogP contribution is 2.21. The smallest absolute Gasteiger partial charge is 0.261 e. The fourth-order valence-corrected chi connectivity index (χ4v) is 4.49. The number of nitrogens with one attached hydrogen (secondary N) is 1. The van der Waals surface area contributed by atoms with Crippen LogP contribution >= 0.6 is 0 Å². The summed E-state index contributed by atoms with van der Waals surface area (Å²) in [7, 11) is 0. The first-order valence-electron chi connectivity index (χ1n) is 12.1. The molecule has 3 aromatic rings. The van der Waals surface area contributed by atoms with E-state index < -0.39 is 11.9 Å². The van der Waals surface area contributed by atoms with Crippen molar-refractivity contribution < 1.29 is 18.7 Å². The van der Waals surface area contributed by atoms with Gasteiger partial charge in [-0.3, -0.25) is 9.59 Å². The van der Waals surface area contributed by atoms with Crippen molar-refractivity contribution in [3.05, 3.63) is 102 Å². The zero-order chi connectivity index (χ0) is 24.5. The Morgan fingerprint density at radius 1 is 0.886 bits per heavy atom. The van der Waals surface area contributed by atoms with Gasteiger partial charge in [0, 0.05) is 19.0 Å². The summed E-state index contributed by atoms with van der Waals surface area (Å²) in [5, 5.41) is 3.17. The molecule has 2 amide bonds. The Bertz CT molecular complexity index is 1100. The molecule has 1 saturated carbocycles. The second kappa shape index (κ2) is 12.2. The number of halogens is 1. The van der Waals surface area contributed by atoms with E-state index in [0.717, 1.165) is 36.8 Å². The van der Waals surface area contributed by atoms with Crippen LogP contribution in [0.5, 0.6) is 5.75 Å². The van der Waals surface area contributed by atoms with Gasteiger partial charge in [0.2, 0.25) is 5.91 Å². The van der Waals surface area contributed by atoms with Crippen molar-refractivity contribution in [2.24, 2.45) is 0 Å². The van der Waals surface area contributed by atoms with E-state index in [0.29, 0.717) is 6.42 Å². The van der Waals surface area contributed by atoms with Gasteiger partial charge in [-0.15, -0.1) is 0 Å². The molecule has 0 bridgehead atoms. The molecular weight excluding hydrogens is 443 g/mol. The van der Waals surface area contributed by atoms with Crippen molar-refractivity contribution in [2.75, 3.05) is 6.61 Å². The number of carbonyl (C=O) groups is 2. The fourth-order valence-electron chi connectivity index (χ4n) is 4.49. The predicted octanol–water partition coefficient (Wildman–Crippen LogP) is 4.90. The van der Waals surface area contributed by atoms with Crippen LogP contribution in [0.15, 0.2) is 84.9 Å². The Morgan fingerprint density at radius 3 is 2.14 bits per heavy atom. The quantitative estimate of drug-likeness (QED) is 0.455. The Labute approximate surface area is 205 Å². The van der Waals surface area contributed by atoms with E-state index in [1.807, 2.05) is 60.7 Å². The molecule has 182 valence electrons. The summed E-state index contributed by atoms with van der Waals surface area (Å²) in [5.74, 6) is -1.07. The number of benzene rings is 3. The number of carbonyl (C=O) groups excluding carboxylic acids is 2. The molecule has 5 nitrogen and oxygen atoms in total. The maximum Gasteiger partial charge on any atom is 0.261 e. The minimum atomic E-state index is -0.727. The summed E-state index contributed by atoms with van der Waals surface area (Å²) in [6.45, 7) is -0.119. The highest BCUT2D eigenvalue weighted by Gasteiger charge is 2.32. The lowest BCUT2D eigenvalue weighted by Crippen LogP contribution is -2.53. The Balaban J connectivity index is 1.60. The van der Waals surface area contributed by atoms with Gasteiger partial charge in [0.15, 0.2) is 18.2 Å². The average Bonchev–Trinajstić information content (AvgIpc) is 3.39. The van der Waals surface area contributed by atoms with Crippen molar-refractivity contribution in [3.63, 3.8) is 0 Å². The minimum Gasteiger partial charge on any atom is -0.481 e. The summed E-state index contributed by atoms with van der Waals surface area (Å²) in [5.41, 5.74) is 1.86. The lowest BCUT2D eigenvalue weighted by atomic mass is 10.0. The van der Waals surface area contributed by atoms with Gasteiger partial charge < -0.3 is 15.0 Å². The molecule has 0 aromatic heterocycles. The maximum absolute atomic E-state index is 14.1. The van der Waals surface area contributed by atoms with Gasteiger partial charge in [-0.05, 0) is 36.1 Å². The van der Waals surface area contributed by atoms with Crippen LogP contribution in [0, 0.1) is 5.82 Å². The van der Waals surface area contributed by atoms with Crippen molar-refractivity contribution >= 4 is 11.8 Å². The van der Waals surface area contributed by atoms with Gasteiger partial charge in [-0.25, -0.2) is 4.39 Å². The van der Waals surface area contributed by atoms with Crippen LogP contribution in [0.4, 0.5) is 4.39 Å². The van der Waals surface area contributed by atoms with E-state index in [-0.39, 0.29) is 36.8 Å². The monoisotopic (exact) mass is 474 g/mol. The molecule has 4 rings (SSSR count). The molecule has 0 saturated heterocycles. The number of ether oxygens (including phenoxy) is 1. The molecule has 0 aliphatic heterocycles. The summed E-state index contributed by atoms with van der Waals surface area (Å²) in [4.78, 5) is 28.6. The third-order valence-corrected chi connectivity index (χ3v) is 6.36. The number of para-hydroxylation sites is 1. The van der Waals surface area contributed by atoms with Gasteiger partial charge in [0.25, 0.3) is 5.91 Å². The van der Waals surface area contributed by atoms with Gasteiger partial charge in [-0.2, -0.15) is 0 Å². The number of hydrogen-bond donors (Lipinski definition) is 1. The van der Waals surface area contributed by atoms with E-state index in [4.69, 9.17) is 4.74 Å². The van der Waals surface area contributed by atoms with E-state index in [2.05, 4.69) is 5.32 Å². The van der Waals surface area contributed by atoms with E-state index in [9.17, 15) is 14.0 Å². The van der Waals surface area contributed by atoms with Crippen LogP contribution < -0.4 is 10.1 Å². The normalized spacial score (nSPS) is 14.3. The van der Waals surface area contributed by atoms with Crippen LogP contribution in [0.1, 0.15) is 36.8 Å². The largest absolute Gasteiger partial charge is 0.481 e. The third kappa shape index (κ3) is 6.92. The minimum absolute atomic E-state index is 0.00975. The summed E-state index contributed by atoms with van der Waals surface area (Å²) in [6, 6.07) is 24.6. The van der Waals surface area contributed by atoms with Gasteiger partial charge in [-0.1, -0.05) is 85.6 Å². The predicted molar refractivity (Wildman–Crippen MR) is 133 cm³/mol. The van der Waals surface area contributed by atoms with Crippen molar-refractivity contribution in [1.29, 1.82) is 0 Å². The zero-order valence-electron chi connectivity index (χ0n) is 19.7. The number of rotatable bonds is 10. The highest BCUT2D eigenvalue weighted by molar-refractivity contribution is 5.88. The molecule has 35 heavy (non-hydrogen) atoms. The number of nitrogens with zero attached hydrogens (tertiary/aromatic N) is 1. The highest BCUT2D eigenvalue weighted by atomic mass is 19.1. The molecule has 1 fully saturated rings. The number of hydrogen-bond acceptors (Lipinski definition) is 3. The first kappa shape index (κ1) is 24.5. The van der Waals surface area contributed by atoms with Crippen LogP contribution in [0.3, 0.4) is 0 Å². The first-order chi connectivity index (χ1) is 17.1. The fraction of sp³-hybridized carbons (Fsp3) is 0.310. The second-order valence-electron chi connectivity index (χ2n) is 8.92. The van der Waals surface area contributed by atoms with Crippen LogP contribution in [-0.2, 0) is 22.6 Å². The summed E-state index contributed by atoms with van der Waals surface area (Å²) < 4.78 is 19.6. The SMILES string of the molecule is O=C(NC1CCCC1)[C@@H](Cc1ccccc1)N(Cc1ccccc1)C(=O)COc1ccccc1F. The van der Waals surface area contributed by atoms with Crippen LogP contribution in [-0.4, -0.2) is 35.4 Å². The van der Waals surface area contributed by atoms with E-state index in [1.165, 1.54) is 12.1 Å². The molecule has 1 aliphatic rings. The van der Waals surface area contributed by atoms with Gasteiger partial charge in [0.1, 0.15) is 6.04 Å². The van der Waals surface area contributed by atoms with Crippen molar-refractivity contribution in [1.82, 2.24) is 10.2 Å². The first-order valence-corrected chi connectivity index (χ1v) is 12.1. The molecule has 1 N–H and O–H groups in total. The molecular formula is C29H31FN2O3. The molecule has 0 unspecified atom stereocenters. The lowest BCUT2D eigenvalue weighted by Gasteiger charge is -2.32. The molecule has 1 atom stereocenters. The average molecular weight is 475 g/mol. The van der Waals surface area contributed by atoms with E-state index >= 15 is 0 Å². The second-order valence-corrected chi connectivity index (χ2v) is 8.92. The lowest BCUT2D eigenvalue weighted by molar-refractivity contribution is -0.143. The number of amides is 2. The molecule has 0 spiro atoms. The molecule has 6 heteroatoms. The standard InChI is InChI=1S/C29H31FN2O3/c30-25-17-9-10-18-27(25)35-21-28(33)32(20-23-13-5-2-6-14-23)26(19-22-11-3-1-4-12-22)29(34)31-24-15-7-8-16-24/h1-6,9-14,17-18,24,26H,7-8,15-16,19-21H2,(H,31,34)/t26-/m1/s1.